The predicted molar refractivity (Wildman–Crippen MR) is 241 cm³/mol. The van der Waals surface area contributed by atoms with E-state index in [0.717, 1.165) is 84.5 Å². The zero-order valence-corrected chi connectivity index (χ0v) is 37.0. The number of benzene rings is 2. The Kier molecular flexibility index (Phi) is 12.8. The van der Waals surface area contributed by atoms with Crippen LogP contribution < -0.4 is 31.5 Å². The quantitative estimate of drug-likeness (QED) is 0.0991. The number of carbonyl (C=O) groups excluding carboxylic acids is 5. The number of fused-ring (bicyclic) bond motifs is 1. The van der Waals surface area contributed by atoms with Gasteiger partial charge in [-0.15, -0.1) is 0 Å². The number of carbonyl (C=O) groups is 5. The standard InChI is InChI=1S/C46H53FN12O5S/c47-26-46(48)13-17-57(18-14-46)37-23-50-40(24-49-37)65-34-7-5-33(6-8-34)54-38(60)3-1-2-15-56-27-45(28-56)12-16-58(29-45)44-52-21-32(22-53-44)41(62)51-20-30-4-9-35-31(19-30)25-59(43(35)64)36-10-11-39(61)55-42(36)63/h4-9,19,21-24,36H,1-3,10-18,20,25-29,48H2,(H,51,62)(H,54,60)(H,55,61,63). The third kappa shape index (κ3) is 10.1. The van der Waals surface area contributed by atoms with Crippen molar-refractivity contribution in [1.82, 2.24) is 40.4 Å². The number of hydrogen-bond donors (Lipinski definition) is 4. The fourth-order valence-corrected chi connectivity index (χ4v) is 10.2. The minimum atomic E-state index is -0.732. The van der Waals surface area contributed by atoms with E-state index in [1.54, 1.807) is 36.9 Å². The van der Waals surface area contributed by atoms with Gasteiger partial charge >= 0.3 is 0 Å². The molecule has 1 unspecified atom stereocenters. The molecular weight excluding hydrogens is 852 g/mol. The summed E-state index contributed by atoms with van der Waals surface area (Å²) in [7, 11) is 0. The van der Waals surface area contributed by atoms with Crippen LogP contribution in [0.15, 0.2) is 77.2 Å². The number of nitrogens with two attached hydrogens (primary N) is 1. The molecule has 0 saturated carbocycles. The highest BCUT2D eigenvalue weighted by molar-refractivity contribution is 7.99. The highest BCUT2D eigenvalue weighted by Gasteiger charge is 2.48. The lowest BCUT2D eigenvalue weighted by Crippen LogP contribution is -2.57. The summed E-state index contributed by atoms with van der Waals surface area (Å²) in [5, 5.41) is 9.00. The molecule has 2 aromatic heterocycles. The Morgan fingerprint density at radius 2 is 1.66 bits per heavy atom. The number of piperidine rings is 2. The molecule has 5 aliphatic rings. The SMILES string of the molecule is NC1(CF)CCN(c2cnc(Sc3ccc(NC(=O)CCCCN4CC5(CCN(c6ncc(C(=O)NCc7ccc8c(c7)CN(C7CCC(=O)NC7=O)C8=O)cn6)C5)C4)cc3)cn2)CC1. The van der Waals surface area contributed by atoms with Gasteiger partial charge in [-0.1, -0.05) is 23.9 Å². The first kappa shape index (κ1) is 44.2. The molecular formula is C46H53FN12O5S. The second kappa shape index (κ2) is 18.8. The van der Waals surface area contributed by atoms with Gasteiger partial charge < -0.3 is 36.0 Å². The number of hydrogen-bond acceptors (Lipinski definition) is 14. The molecule has 1 atom stereocenters. The number of imide groups is 1. The number of aromatic nitrogens is 4. The van der Waals surface area contributed by atoms with Gasteiger partial charge in [-0.25, -0.2) is 24.3 Å². The van der Waals surface area contributed by atoms with Gasteiger partial charge in [0.05, 0.1) is 18.0 Å². The summed E-state index contributed by atoms with van der Waals surface area (Å²) in [6.07, 6.45) is 11.5. The summed E-state index contributed by atoms with van der Waals surface area (Å²) >= 11 is 1.49. The summed E-state index contributed by atoms with van der Waals surface area (Å²) in [5.74, 6) is 0.0496. The van der Waals surface area contributed by atoms with E-state index in [1.807, 2.05) is 30.3 Å². The average Bonchev–Trinajstić information content (AvgIpc) is 3.89. The molecule has 5 amide bonds. The van der Waals surface area contributed by atoms with Gasteiger partial charge in [-0.05, 0) is 86.5 Å². The van der Waals surface area contributed by atoms with E-state index in [4.69, 9.17) is 5.73 Å². The van der Waals surface area contributed by atoms with Gasteiger partial charge in [0.15, 0.2) is 0 Å². The predicted octanol–water partition coefficient (Wildman–Crippen LogP) is 3.70. The zero-order chi connectivity index (χ0) is 45.1. The first-order valence-electron chi connectivity index (χ1n) is 22.3. The van der Waals surface area contributed by atoms with Crippen LogP contribution in [0.25, 0.3) is 0 Å². The lowest BCUT2D eigenvalue weighted by atomic mass is 9.79. The number of likely N-dealkylation sites (tertiary alicyclic amines) is 1. The summed E-state index contributed by atoms with van der Waals surface area (Å²) in [5.41, 5.74) is 8.76. The molecule has 4 aromatic rings. The van der Waals surface area contributed by atoms with Gasteiger partial charge in [-0.2, -0.15) is 0 Å². The third-order valence-corrected chi connectivity index (χ3v) is 14.2. The Balaban J connectivity index is 0.648. The van der Waals surface area contributed by atoms with Crippen molar-refractivity contribution in [3.05, 3.63) is 89.5 Å². The second-order valence-electron chi connectivity index (χ2n) is 18.1. The van der Waals surface area contributed by atoms with Crippen molar-refractivity contribution in [2.45, 2.75) is 86.0 Å². The van der Waals surface area contributed by atoms with Crippen LogP contribution in [0.2, 0.25) is 0 Å². The maximum Gasteiger partial charge on any atom is 0.255 e. The number of halogens is 1. The molecule has 0 aliphatic carbocycles. The van der Waals surface area contributed by atoms with Crippen molar-refractivity contribution < 1.29 is 28.4 Å². The number of unbranched alkanes of at least 4 members (excludes halogenated alkanes) is 1. The number of nitrogens with one attached hydrogen (secondary N) is 3. The topological polar surface area (TPSA) is 212 Å². The Labute approximate surface area is 380 Å². The molecule has 65 heavy (non-hydrogen) atoms. The maximum absolute atomic E-state index is 13.2. The van der Waals surface area contributed by atoms with E-state index in [1.165, 1.54) is 16.7 Å². The van der Waals surface area contributed by atoms with E-state index in [9.17, 15) is 28.4 Å². The van der Waals surface area contributed by atoms with Crippen molar-refractivity contribution in [3.63, 3.8) is 0 Å². The molecule has 4 saturated heterocycles. The van der Waals surface area contributed by atoms with Gasteiger partial charge in [0.25, 0.3) is 11.8 Å². The number of amides is 5. The van der Waals surface area contributed by atoms with Crippen LogP contribution in [-0.4, -0.2) is 123 Å². The van der Waals surface area contributed by atoms with Crippen molar-refractivity contribution >= 4 is 58.8 Å². The second-order valence-corrected chi connectivity index (χ2v) is 19.1. The van der Waals surface area contributed by atoms with Gasteiger partial charge in [0, 0.05) is 105 Å². The largest absolute Gasteiger partial charge is 0.355 e. The summed E-state index contributed by atoms with van der Waals surface area (Å²) in [6.45, 7) is 5.96. The van der Waals surface area contributed by atoms with Crippen LogP contribution >= 0.6 is 11.8 Å². The number of anilines is 3. The lowest BCUT2D eigenvalue weighted by molar-refractivity contribution is -0.137. The Morgan fingerprint density at radius 3 is 2.38 bits per heavy atom. The fraction of sp³-hybridized carbons (Fsp3) is 0.457. The molecule has 0 radical (unpaired) electrons. The highest BCUT2D eigenvalue weighted by Crippen LogP contribution is 2.40. The monoisotopic (exact) mass is 904 g/mol. The fourth-order valence-electron chi connectivity index (χ4n) is 9.46. The van der Waals surface area contributed by atoms with Gasteiger partial charge in [0.1, 0.15) is 23.6 Å². The molecule has 340 valence electrons. The third-order valence-electron chi connectivity index (χ3n) is 13.2. The molecule has 5 aliphatic heterocycles. The van der Waals surface area contributed by atoms with Crippen LogP contribution in [0.4, 0.5) is 21.8 Å². The van der Waals surface area contributed by atoms with E-state index >= 15 is 0 Å². The zero-order valence-electron chi connectivity index (χ0n) is 36.1. The number of alkyl halides is 1. The molecule has 19 heteroatoms. The molecule has 0 bridgehead atoms. The molecule has 2 aromatic carbocycles. The lowest BCUT2D eigenvalue weighted by Gasteiger charge is -2.48. The summed E-state index contributed by atoms with van der Waals surface area (Å²) in [6, 6.07) is 12.4. The molecule has 1 spiro atoms. The molecule has 5 N–H and O–H groups in total. The minimum Gasteiger partial charge on any atom is -0.355 e. The number of rotatable bonds is 15. The Bertz CT molecular complexity index is 2430. The van der Waals surface area contributed by atoms with Crippen molar-refractivity contribution in [1.29, 1.82) is 0 Å². The van der Waals surface area contributed by atoms with Crippen LogP contribution in [-0.2, 0) is 27.5 Å². The maximum atomic E-state index is 13.2. The van der Waals surface area contributed by atoms with Gasteiger partial charge in [0.2, 0.25) is 23.7 Å². The van der Waals surface area contributed by atoms with Crippen molar-refractivity contribution in [2.24, 2.45) is 11.1 Å². The van der Waals surface area contributed by atoms with Crippen LogP contribution in [0.5, 0.6) is 0 Å². The van der Waals surface area contributed by atoms with Crippen LogP contribution in [0.3, 0.4) is 0 Å². The average molecular weight is 905 g/mol. The minimum absolute atomic E-state index is 0.00242. The van der Waals surface area contributed by atoms with E-state index < -0.39 is 24.2 Å². The van der Waals surface area contributed by atoms with E-state index in [-0.39, 0.29) is 48.6 Å². The molecule has 7 heterocycles. The molecule has 9 rings (SSSR count). The Hall–Kier alpha value is -6.05. The van der Waals surface area contributed by atoms with Crippen LogP contribution in [0.1, 0.15) is 83.2 Å². The smallest absolute Gasteiger partial charge is 0.255 e. The molecule has 4 fully saturated rings. The van der Waals surface area contributed by atoms with Crippen molar-refractivity contribution in [2.75, 3.05) is 67.6 Å². The van der Waals surface area contributed by atoms with E-state index in [0.29, 0.717) is 55.8 Å². The highest BCUT2D eigenvalue weighted by atomic mass is 32.2. The first-order chi connectivity index (χ1) is 31.4. The normalized spacial score (nSPS) is 20.1. The number of nitrogens with zero attached hydrogens (tertiary/aromatic N) is 8. The van der Waals surface area contributed by atoms with Gasteiger partial charge in [-0.3, -0.25) is 29.3 Å². The van der Waals surface area contributed by atoms with E-state index in [2.05, 4.69) is 50.6 Å². The summed E-state index contributed by atoms with van der Waals surface area (Å²) < 4.78 is 13.2. The Morgan fingerprint density at radius 1 is 0.892 bits per heavy atom. The van der Waals surface area contributed by atoms with Crippen molar-refractivity contribution in [3.8, 4) is 0 Å². The van der Waals surface area contributed by atoms with Crippen LogP contribution in [0, 0.1) is 5.41 Å². The first-order valence-corrected chi connectivity index (χ1v) is 23.1. The summed E-state index contributed by atoms with van der Waals surface area (Å²) in [4.78, 5) is 90.1. The molecule has 17 nitrogen and oxygen atoms in total.